The van der Waals surface area contributed by atoms with Gasteiger partial charge in [-0.05, 0) is 37.0 Å². The highest BCUT2D eigenvalue weighted by Crippen LogP contribution is 2.28. The normalized spacial score (nSPS) is 16.6. The molecule has 2 rings (SSSR count). The van der Waals surface area contributed by atoms with Gasteiger partial charge in [-0.25, -0.2) is 17.9 Å². The van der Waals surface area contributed by atoms with Gasteiger partial charge in [0.1, 0.15) is 0 Å². The molecule has 130 valence electrons. The van der Waals surface area contributed by atoms with Crippen LogP contribution in [0.5, 0.6) is 0 Å². The van der Waals surface area contributed by atoms with E-state index in [0.717, 1.165) is 25.7 Å². The van der Waals surface area contributed by atoms with E-state index in [1.807, 2.05) is 0 Å². The van der Waals surface area contributed by atoms with Gasteiger partial charge in [0.2, 0.25) is 10.0 Å². The number of hydrogen-bond acceptors (Lipinski definition) is 5. The summed E-state index contributed by atoms with van der Waals surface area (Å²) in [5.74, 6) is -0.285. The van der Waals surface area contributed by atoms with Crippen LogP contribution >= 0.6 is 12.4 Å². The molecule has 0 spiro atoms. The molecular weight excluding hydrogens is 340 g/mol. The second-order valence-corrected chi connectivity index (χ2v) is 7.24. The van der Waals surface area contributed by atoms with Crippen LogP contribution in [0.1, 0.15) is 36.0 Å². The summed E-state index contributed by atoms with van der Waals surface area (Å²) in [6.45, 7) is 0.264. The van der Waals surface area contributed by atoms with Crippen LogP contribution in [0.15, 0.2) is 29.2 Å². The van der Waals surface area contributed by atoms with Crippen molar-refractivity contribution in [3.05, 3.63) is 29.8 Å². The van der Waals surface area contributed by atoms with E-state index in [1.165, 1.54) is 31.4 Å². The minimum Gasteiger partial charge on any atom is -0.465 e. The van der Waals surface area contributed by atoms with E-state index in [0.29, 0.717) is 0 Å². The van der Waals surface area contributed by atoms with Crippen LogP contribution in [-0.2, 0) is 14.8 Å². The number of sulfonamides is 1. The molecule has 0 bridgehead atoms. The SMILES string of the molecule is COC(=O)c1cccc(S(=O)(=O)NC(CN)C2CCCC2)c1.Cl. The summed E-state index contributed by atoms with van der Waals surface area (Å²) >= 11 is 0. The Labute approximate surface area is 143 Å². The highest BCUT2D eigenvalue weighted by molar-refractivity contribution is 7.89. The molecule has 0 radical (unpaired) electrons. The predicted octanol–water partition coefficient (Wildman–Crippen LogP) is 1.69. The molecule has 0 aliphatic heterocycles. The quantitative estimate of drug-likeness (QED) is 0.750. The van der Waals surface area contributed by atoms with E-state index < -0.39 is 16.0 Å². The fourth-order valence-corrected chi connectivity index (χ4v) is 4.24. The molecule has 1 aliphatic rings. The van der Waals surface area contributed by atoms with Crippen molar-refractivity contribution < 1.29 is 17.9 Å². The van der Waals surface area contributed by atoms with Crippen molar-refractivity contribution in [2.24, 2.45) is 11.7 Å². The van der Waals surface area contributed by atoms with Crippen molar-refractivity contribution in [3.63, 3.8) is 0 Å². The molecule has 0 aromatic heterocycles. The standard InChI is InChI=1S/C15H22N2O4S.ClH/c1-21-15(18)12-7-4-8-13(9-12)22(19,20)17-14(10-16)11-5-2-3-6-11;/h4,7-9,11,14,17H,2-3,5-6,10,16H2,1H3;1H. The summed E-state index contributed by atoms with van der Waals surface area (Å²) in [6, 6.07) is 5.54. The van der Waals surface area contributed by atoms with Crippen LogP contribution in [0.25, 0.3) is 0 Å². The van der Waals surface area contributed by atoms with Gasteiger partial charge in [-0.1, -0.05) is 18.9 Å². The van der Waals surface area contributed by atoms with Gasteiger partial charge in [0.15, 0.2) is 0 Å². The number of carbonyl (C=O) groups is 1. The van der Waals surface area contributed by atoms with E-state index in [-0.39, 0.29) is 41.4 Å². The van der Waals surface area contributed by atoms with Crippen LogP contribution in [-0.4, -0.2) is 34.1 Å². The van der Waals surface area contributed by atoms with Crippen molar-refractivity contribution >= 4 is 28.4 Å². The van der Waals surface area contributed by atoms with Crippen LogP contribution < -0.4 is 10.5 Å². The minimum atomic E-state index is -3.71. The van der Waals surface area contributed by atoms with Crippen molar-refractivity contribution in [2.45, 2.75) is 36.6 Å². The summed E-state index contributed by atoms with van der Waals surface area (Å²) < 4.78 is 32.3. The Morgan fingerprint density at radius 2 is 2.04 bits per heavy atom. The molecule has 1 saturated carbocycles. The zero-order chi connectivity index (χ0) is 16.2. The zero-order valence-corrected chi connectivity index (χ0v) is 14.7. The van der Waals surface area contributed by atoms with Crippen LogP contribution in [0.3, 0.4) is 0 Å². The Balaban J connectivity index is 0.00000264. The first-order valence-corrected chi connectivity index (χ1v) is 8.87. The van der Waals surface area contributed by atoms with Crippen molar-refractivity contribution in [3.8, 4) is 0 Å². The molecule has 1 aliphatic carbocycles. The second-order valence-electron chi connectivity index (χ2n) is 5.53. The van der Waals surface area contributed by atoms with E-state index in [9.17, 15) is 13.2 Å². The predicted molar refractivity (Wildman–Crippen MR) is 90.2 cm³/mol. The number of nitrogens with one attached hydrogen (secondary N) is 1. The second kappa shape index (κ2) is 8.63. The van der Waals surface area contributed by atoms with Crippen molar-refractivity contribution in [2.75, 3.05) is 13.7 Å². The number of carbonyl (C=O) groups excluding carboxylic acids is 1. The Morgan fingerprint density at radius 3 is 2.61 bits per heavy atom. The number of nitrogens with two attached hydrogens (primary N) is 1. The van der Waals surface area contributed by atoms with E-state index in [1.54, 1.807) is 0 Å². The third-order valence-electron chi connectivity index (χ3n) is 4.09. The lowest BCUT2D eigenvalue weighted by molar-refractivity contribution is 0.0600. The molecule has 0 heterocycles. The molecule has 1 unspecified atom stereocenters. The molecule has 1 atom stereocenters. The van der Waals surface area contributed by atoms with Gasteiger partial charge in [-0.15, -0.1) is 12.4 Å². The number of hydrogen-bond donors (Lipinski definition) is 2. The first kappa shape index (κ1) is 19.9. The number of benzene rings is 1. The Kier molecular flexibility index (Phi) is 7.47. The van der Waals surface area contributed by atoms with Gasteiger partial charge in [-0.2, -0.15) is 0 Å². The monoisotopic (exact) mass is 362 g/mol. The van der Waals surface area contributed by atoms with Gasteiger partial charge < -0.3 is 10.5 Å². The molecule has 8 heteroatoms. The lowest BCUT2D eigenvalue weighted by atomic mass is 9.99. The van der Waals surface area contributed by atoms with Crippen LogP contribution in [0.2, 0.25) is 0 Å². The number of halogens is 1. The summed E-state index contributed by atoms with van der Waals surface area (Å²) in [5, 5.41) is 0. The molecule has 1 aromatic carbocycles. The fraction of sp³-hybridized carbons (Fsp3) is 0.533. The van der Waals surface area contributed by atoms with Gasteiger partial charge >= 0.3 is 5.97 Å². The summed E-state index contributed by atoms with van der Waals surface area (Å²) in [5.41, 5.74) is 5.94. The number of esters is 1. The number of ether oxygens (including phenoxy) is 1. The molecule has 1 fully saturated rings. The van der Waals surface area contributed by atoms with Gasteiger partial charge in [0, 0.05) is 12.6 Å². The minimum absolute atomic E-state index is 0. The molecule has 0 amide bonds. The van der Waals surface area contributed by atoms with E-state index in [4.69, 9.17) is 5.73 Å². The summed E-state index contributed by atoms with van der Waals surface area (Å²) in [7, 11) is -2.45. The maximum absolute atomic E-state index is 12.5. The molecule has 23 heavy (non-hydrogen) atoms. The first-order valence-electron chi connectivity index (χ1n) is 7.38. The third kappa shape index (κ3) is 4.91. The number of rotatable bonds is 6. The maximum atomic E-state index is 12.5. The van der Waals surface area contributed by atoms with Gasteiger partial charge in [0.05, 0.1) is 17.6 Å². The largest absolute Gasteiger partial charge is 0.465 e. The molecule has 0 saturated heterocycles. The third-order valence-corrected chi connectivity index (χ3v) is 5.58. The van der Waals surface area contributed by atoms with Gasteiger partial charge in [0.25, 0.3) is 0 Å². The Hall–Kier alpha value is -1.15. The summed E-state index contributed by atoms with van der Waals surface area (Å²) in [4.78, 5) is 11.6. The highest BCUT2D eigenvalue weighted by atomic mass is 35.5. The average molecular weight is 363 g/mol. The zero-order valence-electron chi connectivity index (χ0n) is 13.0. The van der Waals surface area contributed by atoms with Gasteiger partial charge in [-0.3, -0.25) is 0 Å². The Morgan fingerprint density at radius 1 is 1.39 bits per heavy atom. The first-order chi connectivity index (χ1) is 10.5. The highest BCUT2D eigenvalue weighted by Gasteiger charge is 2.28. The molecular formula is C15H23ClN2O4S. The van der Waals surface area contributed by atoms with Crippen molar-refractivity contribution in [1.29, 1.82) is 0 Å². The lowest BCUT2D eigenvalue weighted by Crippen LogP contribution is -2.44. The van der Waals surface area contributed by atoms with E-state index in [2.05, 4.69) is 9.46 Å². The molecule has 1 aromatic rings. The van der Waals surface area contributed by atoms with Crippen LogP contribution in [0.4, 0.5) is 0 Å². The molecule has 3 N–H and O–H groups in total. The Bertz CT molecular complexity index is 630. The maximum Gasteiger partial charge on any atom is 0.337 e. The van der Waals surface area contributed by atoms with Crippen LogP contribution in [0, 0.1) is 5.92 Å². The lowest BCUT2D eigenvalue weighted by Gasteiger charge is -2.23. The fourth-order valence-electron chi connectivity index (χ4n) is 2.87. The number of methoxy groups -OCH3 is 1. The average Bonchev–Trinajstić information content (AvgIpc) is 3.06. The smallest absolute Gasteiger partial charge is 0.337 e. The van der Waals surface area contributed by atoms with E-state index >= 15 is 0 Å². The van der Waals surface area contributed by atoms with Crippen molar-refractivity contribution in [1.82, 2.24) is 4.72 Å². The topological polar surface area (TPSA) is 98.5 Å². The summed E-state index contributed by atoms with van der Waals surface area (Å²) in [6.07, 6.45) is 4.21. The molecule has 6 nitrogen and oxygen atoms in total.